The van der Waals surface area contributed by atoms with E-state index in [-0.39, 0.29) is 0 Å². The van der Waals surface area contributed by atoms with Crippen LogP contribution in [0.1, 0.15) is 38.0 Å². The van der Waals surface area contributed by atoms with Gasteiger partial charge in [0, 0.05) is 18.7 Å². The molecule has 1 N–H and O–H groups in total. The van der Waals surface area contributed by atoms with E-state index >= 15 is 0 Å². The van der Waals surface area contributed by atoms with Crippen LogP contribution in [-0.2, 0) is 17.9 Å². The lowest BCUT2D eigenvalue weighted by Gasteiger charge is -2.08. The van der Waals surface area contributed by atoms with Crippen molar-refractivity contribution in [1.29, 1.82) is 0 Å². The molecule has 0 spiro atoms. The zero-order valence-corrected chi connectivity index (χ0v) is 11.6. The second-order valence-electron chi connectivity index (χ2n) is 4.88. The monoisotopic (exact) mass is 251 g/mol. The fraction of sp³-hybridized carbons (Fsp3) is 0.600. The van der Waals surface area contributed by atoms with Crippen molar-refractivity contribution < 1.29 is 9.15 Å². The SMILES string of the molecule is C=CCCCOCc1occc1CNCC(C)C. The summed E-state index contributed by atoms with van der Waals surface area (Å²) in [5.74, 6) is 1.60. The van der Waals surface area contributed by atoms with Gasteiger partial charge in [0.05, 0.1) is 6.26 Å². The van der Waals surface area contributed by atoms with E-state index in [1.54, 1.807) is 6.26 Å². The van der Waals surface area contributed by atoms with Gasteiger partial charge in [-0.2, -0.15) is 0 Å². The van der Waals surface area contributed by atoms with Gasteiger partial charge >= 0.3 is 0 Å². The quantitative estimate of drug-likeness (QED) is 0.510. The lowest BCUT2D eigenvalue weighted by molar-refractivity contribution is 0.104. The molecule has 3 heteroatoms. The first-order valence-electron chi connectivity index (χ1n) is 6.68. The van der Waals surface area contributed by atoms with Crippen molar-refractivity contribution in [3.05, 3.63) is 36.3 Å². The average Bonchev–Trinajstić information content (AvgIpc) is 2.76. The number of rotatable bonds is 10. The molecule has 0 saturated heterocycles. The van der Waals surface area contributed by atoms with Crippen LogP contribution >= 0.6 is 0 Å². The number of ether oxygens (including phenoxy) is 1. The van der Waals surface area contributed by atoms with Gasteiger partial charge in [-0.1, -0.05) is 19.9 Å². The Morgan fingerprint density at radius 1 is 1.50 bits per heavy atom. The summed E-state index contributed by atoms with van der Waals surface area (Å²) in [5, 5.41) is 3.41. The molecule has 0 unspecified atom stereocenters. The van der Waals surface area contributed by atoms with Crippen LogP contribution in [0.3, 0.4) is 0 Å². The molecule has 0 aliphatic heterocycles. The minimum Gasteiger partial charge on any atom is -0.467 e. The van der Waals surface area contributed by atoms with Crippen LogP contribution in [-0.4, -0.2) is 13.2 Å². The van der Waals surface area contributed by atoms with Crippen molar-refractivity contribution in [2.75, 3.05) is 13.2 Å². The maximum absolute atomic E-state index is 5.58. The molecule has 1 rings (SSSR count). The van der Waals surface area contributed by atoms with Crippen LogP contribution < -0.4 is 5.32 Å². The topological polar surface area (TPSA) is 34.4 Å². The van der Waals surface area contributed by atoms with Gasteiger partial charge in [0.15, 0.2) is 0 Å². The van der Waals surface area contributed by atoms with Gasteiger partial charge < -0.3 is 14.5 Å². The summed E-state index contributed by atoms with van der Waals surface area (Å²) in [7, 11) is 0. The molecule has 1 heterocycles. The van der Waals surface area contributed by atoms with E-state index in [1.165, 1.54) is 5.56 Å². The minimum absolute atomic E-state index is 0.558. The molecule has 18 heavy (non-hydrogen) atoms. The first-order valence-corrected chi connectivity index (χ1v) is 6.68. The molecule has 0 amide bonds. The maximum Gasteiger partial charge on any atom is 0.133 e. The van der Waals surface area contributed by atoms with Crippen molar-refractivity contribution in [3.63, 3.8) is 0 Å². The summed E-state index contributed by atoms with van der Waals surface area (Å²) < 4.78 is 11.0. The second kappa shape index (κ2) is 8.95. The normalized spacial score (nSPS) is 11.1. The Balaban J connectivity index is 2.24. The summed E-state index contributed by atoms with van der Waals surface area (Å²) in [4.78, 5) is 0. The van der Waals surface area contributed by atoms with Gasteiger partial charge in [-0.25, -0.2) is 0 Å². The van der Waals surface area contributed by atoms with Gasteiger partial charge in [-0.15, -0.1) is 6.58 Å². The first-order chi connectivity index (χ1) is 8.74. The number of nitrogens with one attached hydrogen (secondary N) is 1. The van der Waals surface area contributed by atoms with E-state index in [4.69, 9.17) is 9.15 Å². The summed E-state index contributed by atoms with van der Waals surface area (Å²) >= 11 is 0. The number of hydrogen-bond acceptors (Lipinski definition) is 3. The van der Waals surface area contributed by atoms with Crippen LogP contribution in [0.25, 0.3) is 0 Å². The molecular weight excluding hydrogens is 226 g/mol. The zero-order valence-electron chi connectivity index (χ0n) is 11.6. The Morgan fingerprint density at radius 3 is 3.06 bits per heavy atom. The lowest BCUT2D eigenvalue weighted by Crippen LogP contribution is -2.19. The molecule has 0 radical (unpaired) electrons. The highest BCUT2D eigenvalue weighted by Gasteiger charge is 2.06. The highest BCUT2D eigenvalue weighted by atomic mass is 16.5. The van der Waals surface area contributed by atoms with E-state index in [1.807, 2.05) is 12.1 Å². The van der Waals surface area contributed by atoms with Crippen molar-refractivity contribution >= 4 is 0 Å². The average molecular weight is 251 g/mol. The zero-order chi connectivity index (χ0) is 13.2. The molecule has 0 saturated carbocycles. The van der Waals surface area contributed by atoms with E-state index in [0.717, 1.165) is 38.3 Å². The van der Waals surface area contributed by atoms with Gasteiger partial charge in [-0.05, 0) is 31.4 Å². The summed E-state index contributed by atoms with van der Waals surface area (Å²) in [6.45, 7) is 11.3. The van der Waals surface area contributed by atoms with Crippen molar-refractivity contribution in [2.45, 2.75) is 39.8 Å². The third-order valence-electron chi connectivity index (χ3n) is 2.64. The van der Waals surface area contributed by atoms with Crippen molar-refractivity contribution in [2.24, 2.45) is 5.92 Å². The van der Waals surface area contributed by atoms with Crippen LogP contribution in [0.15, 0.2) is 29.4 Å². The predicted octanol–water partition coefficient (Wildman–Crippen LogP) is 3.51. The molecule has 0 aliphatic carbocycles. The predicted molar refractivity (Wildman–Crippen MR) is 74.3 cm³/mol. The highest BCUT2D eigenvalue weighted by molar-refractivity contribution is 5.16. The van der Waals surface area contributed by atoms with E-state index < -0.39 is 0 Å². The van der Waals surface area contributed by atoms with Crippen LogP contribution in [0.5, 0.6) is 0 Å². The fourth-order valence-corrected chi connectivity index (χ4v) is 1.64. The lowest BCUT2D eigenvalue weighted by atomic mass is 10.2. The number of unbranched alkanes of at least 4 members (excludes halogenated alkanes) is 1. The van der Waals surface area contributed by atoms with Crippen molar-refractivity contribution in [1.82, 2.24) is 5.32 Å². The summed E-state index contributed by atoms with van der Waals surface area (Å²) in [6.07, 6.45) is 5.67. The van der Waals surface area contributed by atoms with E-state index in [9.17, 15) is 0 Å². The third-order valence-corrected chi connectivity index (χ3v) is 2.64. The number of allylic oxidation sites excluding steroid dienone is 1. The number of furan rings is 1. The summed E-state index contributed by atoms with van der Waals surface area (Å²) in [6, 6.07) is 2.01. The largest absolute Gasteiger partial charge is 0.467 e. The van der Waals surface area contributed by atoms with Crippen LogP contribution in [0.4, 0.5) is 0 Å². The van der Waals surface area contributed by atoms with Gasteiger partial charge in [0.25, 0.3) is 0 Å². The molecule has 1 aromatic heterocycles. The van der Waals surface area contributed by atoms with Crippen molar-refractivity contribution in [3.8, 4) is 0 Å². The van der Waals surface area contributed by atoms with E-state index in [0.29, 0.717) is 12.5 Å². The van der Waals surface area contributed by atoms with E-state index in [2.05, 4.69) is 25.7 Å². The van der Waals surface area contributed by atoms with Crippen LogP contribution in [0, 0.1) is 5.92 Å². The van der Waals surface area contributed by atoms with Gasteiger partial charge in [-0.3, -0.25) is 0 Å². The summed E-state index contributed by atoms with van der Waals surface area (Å²) in [5.41, 5.74) is 1.19. The smallest absolute Gasteiger partial charge is 0.133 e. The van der Waals surface area contributed by atoms with Gasteiger partial charge in [0.1, 0.15) is 12.4 Å². The highest BCUT2D eigenvalue weighted by Crippen LogP contribution is 2.12. The maximum atomic E-state index is 5.58. The Labute approximate surface area is 110 Å². The number of hydrogen-bond donors (Lipinski definition) is 1. The molecule has 0 aromatic carbocycles. The minimum atomic E-state index is 0.558. The fourth-order valence-electron chi connectivity index (χ4n) is 1.64. The molecule has 102 valence electrons. The molecule has 0 aliphatic rings. The van der Waals surface area contributed by atoms with Gasteiger partial charge in [0.2, 0.25) is 0 Å². The molecular formula is C15H25NO2. The molecule has 0 fully saturated rings. The molecule has 0 atom stereocenters. The second-order valence-corrected chi connectivity index (χ2v) is 4.88. The molecule has 0 bridgehead atoms. The molecule has 3 nitrogen and oxygen atoms in total. The standard InChI is InChI=1S/C15H25NO2/c1-4-5-6-8-17-12-15-14(7-9-18-15)11-16-10-13(2)3/h4,7,9,13,16H,1,5-6,8,10-12H2,2-3H3. The Morgan fingerprint density at radius 2 is 2.33 bits per heavy atom. The first kappa shape index (κ1) is 15.0. The Hall–Kier alpha value is -1.06. The Bertz CT molecular complexity index is 331. The third kappa shape index (κ3) is 6.03. The Kier molecular flexibility index (Phi) is 7.46. The molecule has 1 aromatic rings. The van der Waals surface area contributed by atoms with Crippen LogP contribution in [0.2, 0.25) is 0 Å².